The van der Waals surface area contributed by atoms with Crippen LogP contribution >= 0.6 is 0 Å². The maximum atomic E-state index is 5.48. The van der Waals surface area contributed by atoms with Gasteiger partial charge in [-0.1, -0.05) is 0 Å². The molecule has 16 heavy (non-hydrogen) atoms. The Kier molecular flexibility index (Phi) is 3.58. The van der Waals surface area contributed by atoms with Gasteiger partial charge in [-0.15, -0.1) is 0 Å². The summed E-state index contributed by atoms with van der Waals surface area (Å²) in [7, 11) is 0. The molecule has 1 unspecified atom stereocenters. The standard InChI is InChI=1S/C11H20N4O/c1-11(2-5-16-8-11)14-6-10-7-15(4-3-12)9-13-10/h7,9,14H,2-6,8,12H2,1H3. The van der Waals surface area contributed by atoms with E-state index >= 15 is 0 Å². The van der Waals surface area contributed by atoms with Crippen molar-refractivity contribution in [1.82, 2.24) is 14.9 Å². The van der Waals surface area contributed by atoms with Crippen LogP contribution in [0.25, 0.3) is 0 Å². The van der Waals surface area contributed by atoms with Gasteiger partial charge in [0.2, 0.25) is 0 Å². The Bertz CT molecular complexity index is 330. The van der Waals surface area contributed by atoms with Crippen LogP contribution in [0, 0.1) is 0 Å². The van der Waals surface area contributed by atoms with Crippen molar-refractivity contribution >= 4 is 0 Å². The number of imidazole rings is 1. The topological polar surface area (TPSA) is 65.1 Å². The molecule has 0 spiro atoms. The van der Waals surface area contributed by atoms with Gasteiger partial charge in [0.15, 0.2) is 0 Å². The van der Waals surface area contributed by atoms with E-state index < -0.39 is 0 Å². The highest BCUT2D eigenvalue weighted by molar-refractivity contribution is 4.99. The Morgan fingerprint density at radius 2 is 2.56 bits per heavy atom. The molecule has 1 aliphatic heterocycles. The van der Waals surface area contributed by atoms with E-state index in [0.29, 0.717) is 6.54 Å². The summed E-state index contributed by atoms with van der Waals surface area (Å²) in [4.78, 5) is 4.33. The molecule has 5 nitrogen and oxygen atoms in total. The zero-order valence-electron chi connectivity index (χ0n) is 9.78. The average Bonchev–Trinajstić information content (AvgIpc) is 2.86. The van der Waals surface area contributed by atoms with Crippen molar-refractivity contribution in [3.05, 3.63) is 18.2 Å². The molecule has 2 heterocycles. The highest BCUT2D eigenvalue weighted by atomic mass is 16.5. The van der Waals surface area contributed by atoms with Gasteiger partial charge in [-0.05, 0) is 13.3 Å². The molecule has 3 N–H and O–H groups in total. The number of hydrogen-bond acceptors (Lipinski definition) is 4. The Morgan fingerprint density at radius 3 is 3.25 bits per heavy atom. The zero-order valence-corrected chi connectivity index (χ0v) is 9.78. The molecule has 0 saturated carbocycles. The smallest absolute Gasteiger partial charge is 0.0950 e. The summed E-state index contributed by atoms with van der Waals surface area (Å²) < 4.78 is 7.41. The van der Waals surface area contributed by atoms with Gasteiger partial charge in [-0.2, -0.15) is 0 Å². The maximum absolute atomic E-state index is 5.48. The first kappa shape index (κ1) is 11.6. The van der Waals surface area contributed by atoms with Crippen LogP contribution in [-0.4, -0.2) is 34.8 Å². The van der Waals surface area contributed by atoms with Gasteiger partial charge < -0.3 is 20.4 Å². The molecule has 90 valence electrons. The van der Waals surface area contributed by atoms with E-state index in [1.165, 1.54) is 0 Å². The summed E-state index contributed by atoms with van der Waals surface area (Å²) in [6.45, 7) is 6.10. The van der Waals surface area contributed by atoms with E-state index in [1.54, 1.807) is 0 Å². The predicted molar refractivity (Wildman–Crippen MR) is 62.0 cm³/mol. The molecule has 1 aromatic heterocycles. The number of ether oxygens (including phenoxy) is 1. The second kappa shape index (κ2) is 4.95. The first-order chi connectivity index (χ1) is 7.72. The molecule has 0 aliphatic carbocycles. The normalized spacial score (nSPS) is 25.1. The second-order valence-corrected chi connectivity index (χ2v) is 4.61. The Balaban J connectivity index is 1.84. The van der Waals surface area contributed by atoms with Gasteiger partial charge in [-0.25, -0.2) is 4.98 Å². The predicted octanol–water partition coefficient (Wildman–Crippen LogP) is 0.110. The lowest BCUT2D eigenvalue weighted by molar-refractivity contribution is 0.171. The van der Waals surface area contributed by atoms with E-state index in [2.05, 4.69) is 17.2 Å². The summed E-state index contributed by atoms with van der Waals surface area (Å²) in [5.74, 6) is 0. The average molecular weight is 224 g/mol. The minimum absolute atomic E-state index is 0.109. The molecule has 1 fully saturated rings. The lowest BCUT2D eigenvalue weighted by Crippen LogP contribution is -2.42. The van der Waals surface area contributed by atoms with E-state index in [9.17, 15) is 0 Å². The molecule has 1 aliphatic rings. The Morgan fingerprint density at radius 1 is 1.69 bits per heavy atom. The molecule has 0 radical (unpaired) electrons. The highest BCUT2D eigenvalue weighted by Gasteiger charge is 2.28. The fourth-order valence-corrected chi connectivity index (χ4v) is 1.88. The van der Waals surface area contributed by atoms with E-state index in [1.807, 2.05) is 17.1 Å². The van der Waals surface area contributed by atoms with Crippen LogP contribution < -0.4 is 11.1 Å². The van der Waals surface area contributed by atoms with Gasteiger partial charge in [0.1, 0.15) is 0 Å². The van der Waals surface area contributed by atoms with Crippen molar-refractivity contribution < 1.29 is 4.74 Å². The molecule has 1 saturated heterocycles. The SMILES string of the molecule is CC1(NCc2cn(CCN)cn2)CCOC1. The molecule has 0 amide bonds. The zero-order chi connectivity index (χ0) is 11.4. The van der Waals surface area contributed by atoms with E-state index in [4.69, 9.17) is 10.5 Å². The van der Waals surface area contributed by atoms with Crippen molar-refractivity contribution in [1.29, 1.82) is 0 Å². The Hall–Kier alpha value is -0.910. The van der Waals surface area contributed by atoms with E-state index in [0.717, 1.165) is 38.4 Å². The number of nitrogens with two attached hydrogens (primary N) is 1. The van der Waals surface area contributed by atoms with Crippen molar-refractivity contribution in [2.75, 3.05) is 19.8 Å². The van der Waals surface area contributed by atoms with Gasteiger partial charge in [-0.3, -0.25) is 0 Å². The van der Waals surface area contributed by atoms with Crippen LogP contribution in [0.5, 0.6) is 0 Å². The van der Waals surface area contributed by atoms with Gasteiger partial charge in [0, 0.05) is 38.0 Å². The van der Waals surface area contributed by atoms with Crippen molar-refractivity contribution in [3.63, 3.8) is 0 Å². The molecule has 0 bridgehead atoms. The minimum atomic E-state index is 0.109. The number of rotatable bonds is 5. The lowest BCUT2D eigenvalue weighted by Gasteiger charge is -2.22. The summed E-state index contributed by atoms with van der Waals surface area (Å²) in [5.41, 5.74) is 6.65. The van der Waals surface area contributed by atoms with Crippen LogP contribution in [-0.2, 0) is 17.8 Å². The molecule has 1 atom stereocenters. The first-order valence-electron chi connectivity index (χ1n) is 5.75. The van der Waals surface area contributed by atoms with Gasteiger partial charge >= 0.3 is 0 Å². The summed E-state index contributed by atoms with van der Waals surface area (Å²) >= 11 is 0. The molecule has 0 aromatic carbocycles. The molecule has 1 aromatic rings. The van der Waals surface area contributed by atoms with Gasteiger partial charge in [0.05, 0.1) is 18.6 Å². The highest BCUT2D eigenvalue weighted by Crippen LogP contribution is 2.17. The number of nitrogens with zero attached hydrogens (tertiary/aromatic N) is 2. The molecular formula is C11H20N4O. The fourth-order valence-electron chi connectivity index (χ4n) is 1.88. The molecule has 5 heteroatoms. The van der Waals surface area contributed by atoms with Crippen LogP contribution in [0.2, 0.25) is 0 Å². The van der Waals surface area contributed by atoms with Crippen molar-refractivity contribution in [2.45, 2.75) is 32.0 Å². The minimum Gasteiger partial charge on any atom is -0.379 e. The first-order valence-corrected chi connectivity index (χ1v) is 5.75. The van der Waals surface area contributed by atoms with Crippen LogP contribution in [0.3, 0.4) is 0 Å². The lowest BCUT2D eigenvalue weighted by atomic mass is 10.0. The summed E-state index contributed by atoms with van der Waals surface area (Å²) in [6.07, 6.45) is 4.94. The maximum Gasteiger partial charge on any atom is 0.0950 e. The van der Waals surface area contributed by atoms with Gasteiger partial charge in [0.25, 0.3) is 0 Å². The fraction of sp³-hybridized carbons (Fsp3) is 0.727. The van der Waals surface area contributed by atoms with E-state index in [-0.39, 0.29) is 5.54 Å². The van der Waals surface area contributed by atoms with Crippen LogP contribution in [0.1, 0.15) is 19.0 Å². The molecular weight excluding hydrogens is 204 g/mol. The van der Waals surface area contributed by atoms with Crippen molar-refractivity contribution in [2.24, 2.45) is 5.73 Å². The quantitative estimate of drug-likeness (QED) is 0.745. The third-order valence-electron chi connectivity index (χ3n) is 2.99. The number of aromatic nitrogens is 2. The Labute approximate surface area is 96.0 Å². The summed E-state index contributed by atoms with van der Waals surface area (Å²) in [5, 5.41) is 3.50. The van der Waals surface area contributed by atoms with Crippen LogP contribution in [0.15, 0.2) is 12.5 Å². The monoisotopic (exact) mass is 224 g/mol. The third kappa shape index (κ3) is 2.81. The van der Waals surface area contributed by atoms with Crippen LogP contribution in [0.4, 0.5) is 0 Å². The number of nitrogens with one attached hydrogen (secondary N) is 1. The summed E-state index contributed by atoms with van der Waals surface area (Å²) in [6, 6.07) is 0. The second-order valence-electron chi connectivity index (χ2n) is 4.61. The molecule has 2 rings (SSSR count). The third-order valence-corrected chi connectivity index (χ3v) is 2.99. The number of hydrogen-bond donors (Lipinski definition) is 2. The van der Waals surface area contributed by atoms with Crippen molar-refractivity contribution in [3.8, 4) is 0 Å². The largest absolute Gasteiger partial charge is 0.379 e.